The lowest BCUT2D eigenvalue weighted by Gasteiger charge is -2.18. The molecule has 130 valence electrons. The molecule has 0 saturated carbocycles. The quantitative estimate of drug-likeness (QED) is 0.628. The highest BCUT2D eigenvalue weighted by molar-refractivity contribution is 7.17. The van der Waals surface area contributed by atoms with Gasteiger partial charge in [0.15, 0.2) is 0 Å². The zero-order valence-corrected chi connectivity index (χ0v) is 14.8. The number of carbonyl (C=O) groups excluding carboxylic acids is 2. The Morgan fingerprint density at radius 3 is 2.75 bits per heavy atom. The van der Waals surface area contributed by atoms with Crippen molar-refractivity contribution in [3.8, 4) is 0 Å². The summed E-state index contributed by atoms with van der Waals surface area (Å²) in [6.07, 6.45) is 3.65. The molecule has 0 fully saturated rings. The largest absolute Gasteiger partial charge is 0.478 e. The number of fused-ring (bicyclic) bond motifs is 1. The van der Waals surface area contributed by atoms with E-state index in [0.29, 0.717) is 16.5 Å². The average molecular weight is 351 g/mol. The molecule has 0 unspecified atom stereocenters. The van der Waals surface area contributed by atoms with Gasteiger partial charge in [-0.25, -0.2) is 9.59 Å². The van der Waals surface area contributed by atoms with Crippen molar-refractivity contribution in [3.63, 3.8) is 0 Å². The Kier molecular flexibility index (Phi) is 5.77. The van der Waals surface area contributed by atoms with E-state index in [9.17, 15) is 14.4 Å². The van der Waals surface area contributed by atoms with E-state index in [2.05, 4.69) is 12.2 Å². The normalized spacial score (nSPS) is 17.1. The van der Waals surface area contributed by atoms with Crippen LogP contribution >= 0.6 is 11.3 Å². The predicted octanol–water partition coefficient (Wildman–Crippen LogP) is 3.02. The molecule has 2 N–H and O–H groups in total. The molecule has 1 aromatic heterocycles. The summed E-state index contributed by atoms with van der Waals surface area (Å²) >= 11 is 1.37. The van der Waals surface area contributed by atoms with E-state index in [1.807, 2.05) is 0 Å². The van der Waals surface area contributed by atoms with E-state index >= 15 is 0 Å². The van der Waals surface area contributed by atoms with Crippen LogP contribution in [0.4, 0.5) is 5.00 Å². The standard InChI is InChI=1S/C17H21NO5S/c1-4-23-17(22)14-11-6-5-9(2)7-12(11)24-15(14)18-13(19)8-10(3)16(20)21/h8-9H,4-7H2,1-3H3,(H,18,19)(H,20,21)/b10-8+/t9-/m1/s1. The Bertz CT molecular complexity index is 704. The molecule has 1 aliphatic rings. The van der Waals surface area contributed by atoms with Gasteiger partial charge >= 0.3 is 11.9 Å². The van der Waals surface area contributed by atoms with Crippen molar-refractivity contribution in [3.05, 3.63) is 27.7 Å². The Morgan fingerprint density at radius 1 is 1.42 bits per heavy atom. The minimum atomic E-state index is -1.16. The van der Waals surface area contributed by atoms with Crippen LogP contribution in [0.25, 0.3) is 0 Å². The smallest absolute Gasteiger partial charge is 0.341 e. The summed E-state index contributed by atoms with van der Waals surface area (Å²) in [4.78, 5) is 36.3. The maximum Gasteiger partial charge on any atom is 0.341 e. The second kappa shape index (κ2) is 7.61. The van der Waals surface area contributed by atoms with Gasteiger partial charge in [0.05, 0.1) is 12.2 Å². The topological polar surface area (TPSA) is 92.7 Å². The van der Waals surface area contributed by atoms with E-state index in [1.54, 1.807) is 6.92 Å². The third kappa shape index (κ3) is 4.03. The number of thiophene rings is 1. The zero-order chi connectivity index (χ0) is 17.9. The maximum atomic E-state index is 12.3. The number of hydrogen-bond acceptors (Lipinski definition) is 5. The molecule has 1 aliphatic carbocycles. The van der Waals surface area contributed by atoms with Gasteiger partial charge < -0.3 is 15.2 Å². The van der Waals surface area contributed by atoms with E-state index in [-0.39, 0.29) is 12.2 Å². The molecule has 0 bridgehead atoms. The van der Waals surface area contributed by atoms with Crippen LogP contribution in [-0.2, 0) is 27.2 Å². The first-order chi connectivity index (χ1) is 11.3. The number of nitrogens with one attached hydrogen (secondary N) is 1. The minimum Gasteiger partial charge on any atom is -0.478 e. The van der Waals surface area contributed by atoms with Gasteiger partial charge in [-0.05, 0) is 44.6 Å². The molecule has 0 spiro atoms. The van der Waals surface area contributed by atoms with Crippen molar-refractivity contribution in [1.29, 1.82) is 0 Å². The third-order valence-electron chi connectivity index (χ3n) is 3.91. The number of aliphatic carboxylic acids is 1. The van der Waals surface area contributed by atoms with Gasteiger partial charge in [-0.15, -0.1) is 11.3 Å². The van der Waals surface area contributed by atoms with Gasteiger partial charge in [-0.2, -0.15) is 0 Å². The molecule has 0 saturated heterocycles. The fourth-order valence-electron chi connectivity index (χ4n) is 2.66. The summed E-state index contributed by atoms with van der Waals surface area (Å²) in [6, 6.07) is 0. The number of amides is 1. The lowest BCUT2D eigenvalue weighted by atomic mass is 9.88. The second-order valence-electron chi connectivity index (χ2n) is 5.90. The minimum absolute atomic E-state index is 0.0693. The lowest BCUT2D eigenvalue weighted by Crippen LogP contribution is -2.16. The van der Waals surface area contributed by atoms with Crippen molar-refractivity contribution in [2.45, 2.75) is 40.0 Å². The number of rotatable bonds is 5. The molecule has 0 aromatic carbocycles. The van der Waals surface area contributed by atoms with Gasteiger partial charge in [0.1, 0.15) is 5.00 Å². The van der Waals surface area contributed by atoms with Crippen LogP contribution in [0.2, 0.25) is 0 Å². The number of hydrogen-bond donors (Lipinski definition) is 2. The van der Waals surface area contributed by atoms with Gasteiger partial charge in [0, 0.05) is 16.5 Å². The van der Waals surface area contributed by atoms with Crippen LogP contribution in [0.15, 0.2) is 11.6 Å². The second-order valence-corrected chi connectivity index (χ2v) is 7.00. The van der Waals surface area contributed by atoms with Crippen molar-refractivity contribution >= 4 is 34.2 Å². The molecule has 1 amide bonds. The highest BCUT2D eigenvalue weighted by Gasteiger charge is 2.29. The Balaban J connectivity index is 2.35. The first-order valence-electron chi connectivity index (χ1n) is 7.87. The van der Waals surface area contributed by atoms with E-state index < -0.39 is 17.8 Å². The Hall–Kier alpha value is -2.15. The highest BCUT2D eigenvalue weighted by atomic mass is 32.1. The van der Waals surface area contributed by atoms with Crippen molar-refractivity contribution in [1.82, 2.24) is 0 Å². The summed E-state index contributed by atoms with van der Waals surface area (Å²) in [5.74, 6) is -1.63. The van der Waals surface area contributed by atoms with Crippen LogP contribution < -0.4 is 5.32 Å². The van der Waals surface area contributed by atoms with Crippen LogP contribution in [-0.4, -0.2) is 29.6 Å². The number of anilines is 1. The van der Waals surface area contributed by atoms with Gasteiger partial charge in [0.2, 0.25) is 5.91 Å². The lowest BCUT2D eigenvalue weighted by molar-refractivity contribution is -0.132. The molecule has 6 nitrogen and oxygen atoms in total. The molecule has 7 heteroatoms. The van der Waals surface area contributed by atoms with Gasteiger partial charge in [-0.3, -0.25) is 4.79 Å². The molecule has 1 atom stereocenters. The van der Waals surface area contributed by atoms with Crippen LogP contribution in [0.3, 0.4) is 0 Å². The van der Waals surface area contributed by atoms with Gasteiger partial charge in [-0.1, -0.05) is 6.92 Å². The van der Waals surface area contributed by atoms with E-state index in [0.717, 1.165) is 35.8 Å². The number of carboxylic acids is 1. The van der Waals surface area contributed by atoms with E-state index in [1.165, 1.54) is 18.3 Å². The zero-order valence-electron chi connectivity index (χ0n) is 14.0. The molecule has 24 heavy (non-hydrogen) atoms. The van der Waals surface area contributed by atoms with Crippen molar-refractivity contribution in [2.24, 2.45) is 5.92 Å². The van der Waals surface area contributed by atoms with Crippen LogP contribution in [0.1, 0.15) is 48.0 Å². The molecule has 2 rings (SSSR count). The third-order valence-corrected chi connectivity index (χ3v) is 5.08. The monoisotopic (exact) mass is 351 g/mol. The molecular formula is C17H21NO5S. The number of carboxylic acid groups (broad SMARTS) is 1. The molecule has 0 radical (unpaired) electrons. The average Bonchev–Trinajstić information content (AvgIpc) is 2.83. The fraction of sp³-hybridized carbons (Fsp3) is 0.471. The maximum absolute atomic E-state index is 12.3. The summed E-state index contributed by atoms with van der Waals surface area (Å²) < 4.78 is 5.13. The van der Waals surface area contributed by atoms with Crippen LogP contribution in [0.5, 0.6) is 0 Å². The summed E-state index contributed by atoms with van der Waals surface area (Å²) in [5, 5.41) is 11.9. The Morgan fingerprint density at radius 2 is 2.12 bits per heavy atom. The number of ether oxygens (including phenoxy) is 1. The molecular weight excluding hydrogens is 330 g/mol. The highest BCUT2D eigenvalue weighted by Crippen LogP contribution is 2.40. The molecule has 1 aromatic rings. The Labute approximate surface area is 144 Å². The summed E-state index contributed by atoms with van der Waals surface area (Å²) in [6.45, 7) is 5.49. The summed E-state index contributed by atoms with van der Waals surface area (Å²) in [5.41, 5.74) is 1.30. The van der Waals surface area contributed by atoms with Crippen molar-refractivity contribution in [2.75, 3.05) is 11.9 Å². The van der Waals surface area contributed by atoms with Gasteiger partial charge in [0.25, 0.3) is 0 Å². The van der Waals surface area contributed by atoms with Crippen LogP contribution in [0, 0.1) is 5.92 Å². The van der Waals surface area contributed by atoms with Crippen molar-refractivity contribution < 1.29 is 24.2 Å². The first kappa shape index (κ1) is 18.2. The summed E-state index contributed by atoms with van der Waals surface area (Å²) in [7, 11) is 0. The molecule has 0 aliphatic heterocycles. The van der Waals surface area contributed by atoms with E-state index in [4.69, 9.17) is 9.84 Å². The number of esters is 1. The molecule has 1 heterocycles. The first-order valence-corrected chi connectivity index (χ1v) is 8.69. The fourth-order valence-corrected chi connectivity index (χ4v) is 4.07. The predicted molar refractivity (Wildman–Crippen MR) is 91.5 cm³/mol. The SMILES string of the molecule is CCOC(=O)c1c(NC(=O)/C=C(\C)C(=O)O)sc2c1CC[C@@H](C)C2. The number of carbonyl (C=O) groups is 3.